The number of nitrogens with one attached hydrogen (secondary N) is 2. The summed E-state index contributed by atoms with van der Waals surface area (Å²) >= 11 is 0. The Hall–Kier alpha value is -1.98. The molecule has 12 heteroatoms. The van der Waals surface area contributed by atoms with E-state index in [1.807, 2.05) is 34.6 Å². The van der Waals surface area contributed by atoms with Crippen LogP contribution in [0.1, 0.15) is 82.1 Å². The summed E-state index contributed by atoms with van der Waals surface area (Å²) in [4.78, 5) is 33.4. The van der Waals surface area contributed by atoms with Gasteiger partial charge in [-0.05, 0) is 73.4 Å². The number of ether oxygens (including phenoxy) is 2. The molecule has 4 atom stereocenters. The van der Waals surface area contributed by atoms with E-state index in [1.165, 1.54) is 0 Å². The van der Waals surface area contributed by atoms with Crippen molar-refractivity contribution in [2.75, 3.05) is 26.2 Å². The predicted octanol–water partition coefficient (Wildman–Crippen LogP) is 5.30. The highest BCUT2D eigenvalue weighted by Crippen LogP contribution is 2.30. The Morgan fingerprint density at radius 3 is 1.85 bits per heavy atom. The van der Waals surface area contributed by atoms with Crippen molar-refractivity contribution in [2.45, 2.75) is 116 Å². The third-order valence-corrected chi connectivity index (χ3v) is 6.78. The largest absolute Gasteiger partial charge is 0.444 e. The maximum absolute atomic E-state index is 12.3. The highest BCUT2D eigenvalue weighted by atomic mass is 35.5. The minimum absolute atomic E-state index is 0. The van der Waals surface area contributed by atoms with E-state index in [-0.39, 0.29) is 42.9 Å². The molecule has 2 heterocycles. The summed E-state index contributed by atoms with van der Waals surface area (Å²) in [5.41, 5.74) is 3.62. The molecule has 232 valence electrons. The van der Waals surface area contributed by atoms with Crippen molar-refractivity contribution in [2.24, 2.45) is 17.6 Å². The zero-order valence-electron chi connectivity index (χ0n) is 25.9. The SMILES string of the molecule is Cl.Cl.[C-]#[N+]C(C)(C)C(N)C1CCNC1.[C-]#[N+]C(C)(C)C(NC(=O)OC(C)(C)C)C1CCN(C(=O)OC(C)(C)C)C1. The van der Waals surface area contributed by atoms with Crippen LogP contribution >= 0.6 is 24.8 Å². The lowest BCUT2D eigenvalue weighted by molar-refractivity contribution is 0.0281. The fourth-order valence-electron chi connectivity index (χ4n) is 4.56. The lowest BCUT2D eigenvalue weighted by Gasteiger charge is -2.31. The van der Waals surface area contributed by atoms with E-state index >= 15 is 0 Å². The molecule has 0 saturated carbocycles. The predicted molar refractivity (Wildman–Crippen MR) is 164 cm³/mol. The second-order valence-corrected chi connectivity index (χ2v) is 13.4. The van der Waals surface area contributed by atoms with Gasteiger partial charge in [-0.1, -0.05) is 0 Å². The number of hydrogen-bond donors (Lipinski definition) is 3. The van der Waals surface area contributed by atoms with E-state index in [0.717, 1.165) is 19.5 Å². The van der Waals surface area contributed by atoms with E-state index < -0.39 is 34.4 Å². The summed E-state index contributed by atoms with van der Waals surface area (Å²) < 4.78 is 10.8. The van der Waals surface area contributed by atoms with E-state index in [4.69, 9.17) is 28.4 Å². The van der Waals surface area contributed by atoms with Gasteiger partial charge in [0.05, 0.1) is 6.04 Å². The van der Waals surface area contributed by atoms with E-state index in [0.29, 0.717) is 25.4 Å². The average Bonchev–Trinajstić information content (AvgIpc) is 3.47. The second kappa shape index (κ2) is 15.9. The number of hydrogen-bond acceptors (Lipinski definition) is 6. The summed E-state index contributed by atoms with van der Waals surface area (Å²) in [5, 5.41) is 6.13. The third-order valence-electron chi connectivity index (χ3n) is 6.78. The van der Waals surface area contributed by atoms with Gasteiger partial charge in [0.15, 0.2) is 0 Å². The molecule has 10 nitrogen and oxygen atoms in total. The maximum Gasteiger partial charge on any atom is 0.410 e. The molecular weight excluding hydrogens is 555 g/mol. The van der Waals surface area contributed by atoms with Crippen LogP contribution in [0.15, 0.2) is 0 Å². The van der Waals surface area contributed by atoms with Gasteiger partial charge in [0.1, 0.15) is 17.2 Å². The van der Waals surface area contributed by atoms with Crippen LogP contribution in [0.3, 0.4) is 0 Å². The van der Waals surface area contributed by atoms with Crippen molar-refractivity contribution < 1.29 is 19.1 Å². The first-order valence-electron chi connectivity index (χ1n) is 13.4. The first kappa shape index (κ1) is 40.2. The smallest absolute Gasteiger partial charge is 0.410 e. The molecule has 2 amide bonds. The summed E-state index contributed by atoms with van der Waals surface area (Å²) in [6, 6.07) is -0.424. The number of carbonyl (C=O) groups excluding carboxylic acids is 2. The highest BCUT2D eigenvalue weighted by Gasteiger charge is 2.46. The number of amides is 2. The third kappa shape index (κ3) is 13.1. The number of alkyl carbamates (subject to hydrolysis) is 1. The molecule has 2 saturated heterocycles. The van der Waals surface area contributed by atoms with Crippen LogP contribution in [0.4, 0.5) is 9.59 Å². The average molecular weight is 608 g/mol. The van der Waals surface area contributed by atoms with Crippen LogP contribution in [0.25, 0.3) is 9.69 Å². The van der Waals surface area contributed by atoms with Crippen LogP contribution in [0, 0.1) is 25.0 Å². The van der Waals surface area contributed by atoms with Crippen molar-refractivity contribution in [1.82, 2.24) is 15.5 Å². The highest BCUT2D eigenvalue weighted by molar-refractivity contribution is 5.85. The molecule has 0 aliphatic carbocycles. The first-order chi connectivity index (χ1) is 17.2. The summed E-state index contributed by atoms with van der Waals surface area (Å²) in [7, 11) is 0. The molecule has 4 unspecified atom stereocenters. The Labute approximate surface area is 254 Å². The zero-order chi connectivity index (χ0) is 29.5. The monoisotopic (exact) mass is 606 g/mol. The quantitative estimate of drug-likeness (QED) is 0.366. The van der Waals surface area contributed by atoms with Gasteiger partial charge in [-0.15, -0.1) is 24.8 Å². The lowest BCUT2D eigenvalue weighted by atomic mass is 9.84. The molecule has 2 rings (SSSR count). The zero-order valence-corrected chi connectivity index (χ0v) is 27.6. The molecule has 0 aromatic heterocycles. The maximum atomic E-state index is 12.3. The molecule has 0 aromatic carbocycles. The first-order valence-corrected chi connectivity index (χ1v) is 13.4. The van der Waals surface area contributed by atoms with Crippen LogP contribution in [0.5, 0.6) is 0 Å². The van der Waals surface area contributed by atoms with Gasteiger partial charge < -0.3 is 40.4 Å². The standard InChI is InChI=1S/C19H33N3O4.C9H17N3.2ClH/c1-17(2,3)25-15(23)21-14(19(7,8)20-9)13-10-11-22(12-13)16(24)26-18(4,5)6;1-9(2,11-3)8(10)7-4-5-12-6-7;;/h13-14H,10-12H2,1-8H3,(H,21,23);7-8,12H,4-6,10H2,1-2H3;2*1H. The van der Waals surface area contributed by atoms with Crippen LogP contribution in [0.2, 0.25) is 0 Å². The Bertz CT molecular complexity index is 896. The Balaban J connectivity index is 0. The van der Waals surface area contributed by atoms with E-state index in [2.05, 4.69) is 20.3 Å². The molecule has 0 bridgehead atoms. The second-order valence-electron chi connectivity index (χ2n) is 13.4. The molecule has 2 aliphatic rings. The van der Waals surface area contributed by atoms with Gasteiger partial charge >= 0.3 is 12.2 Å². The normalized spacial score (nSPS) is 20.7. The fraction of sp³-hybridized carbons (Fsp3) is 0.857. The van der Waals surface area contributed by atoms with Gasteiger partial charge in [0, 0.05) is 46.7 Å². The van der Waals surface area contributed by atoms with Gasteiger partial charge in [0.25, 0.3) is 0 Å². The van der Waals surface area contributed by atoms with E-state index in [1.54, 1.807) is 39.5 Å². The van der Waals surface area contributed by atoms with Crippen molar-refractivity contribution in [3.63, 3.8) is 0 Å². The van der Waals surface area contributed by atoms with Crippen LogP contribution < -0.4 is 16.4 Å². The van der Waals surface area contributed by atoms with Crippen LogP contribution in [-0.4, -0.2) is 77.6 Å². The van der Waals surface area contributed by atoms with E-state index in [9.17, 15) is 9.59 Å². The van der Waals surface area contributed by atoms with Gasteiger partial charge in [-0.3, -0.25) is 0 Å². The van der Waals surface area contributed by atoms with Gasteiger partial charge in [-0.25, -0.2) is 22.7 Å². The number of rotatable bonds is 5. The molecule has 0 radical (unpaired) electrons. The fourth-order valence-corrected chi connectivity index (χ4v) is 4.56. The Morgan fingerprint density at radius 2 is 1.43 bits per heavy atom. The van der Waals surface area contributed by atoms with Crippen LogP contribution in [-0.2, 0) is 9.47 Å². The Kier molecular flexibility index (Phi) is 15.9. The lowest BCUT2D eigenvalue weighted by Crippen LogP contribution is -2.53. The molecule has 0 aromatic rings. The minimum Gasteiger partial charge on any atom is -0.444 e. The number of carbonyl (C=O) groups is 2. The Morgan fingerprint density at radius 1 is 0.900 bits per heavy atom. The molecule has 2 fully saturated rings. The number of nitrogens with zero attached hydrogens (tertiary/aromatic N) is 3. The summed E-state index contributed by atoms with van der Waals surface area (Å²) in [6.07, 6.45) is 0.894. The number of likely N-dealkylation sites (tertiary alicyclic amines) is 1. The molecule has 40 heavy (non-hydrogen) atoms. The number of halogens is 2. The van der Waals surface area contributed by atoms with Crippen molar-refractivity contribution in [3.05, 3.63) is 22.8 Å². The minimum atomic E-state index is -0.814. The summed E-state index contributed by atoms with van der Waals surface area (Å²) in [6.45, 7) is 35.8. The molecule has 4 N–H and O–H groups in total. The molecule has 0 spiro atoms. The summed E-state index contributed by atoms with van der Waals surface area (Å²) in [5.74, 6) is 0.438. The number of nitrogens with two attached hydrogens (primary N) is 1. The van der Waals surface area contributed by atoms with Crippen molar-refractivity contribution in [3.8, 4) is 0 Å². The van der Waals surface area contributed by atoms with Crippen molar-refractivity contribution in [1.29, 1.82) is 0 Å². The molecule has 2 aliphatic heterocycles. The molecular formula is C28H52Cl2N6O4. The van der Waals surface area contributed by atoms with Crippen molar-refractivity contribution >= 4 is 37.0 Å². The van der Waals surface area contributed by atoms with Gasteiger partial charge in [0.2, 0.25) is 11.1 Å². The topological polar surface area (TPSA) is 115 Å². The van der Waals surface area contributed by atoms with Gasteiger partial charge in [-0.2, -0.15) is 0 Å².